The van der Waals surface area contributed by atoms with Crippen molar-refractivity contribution in [3.05, 3.63) is 52.5 Å². The van der Waals surface area contributed by atoms with Crippen LogP contribution in [0.3, 0.4) is 0 Å². The Balaban J connectivity index is 1.84. The maximum absolute atomic E-state index is 12.9. The van der Waals surface area contributed by atoms with Crippen molar-refractivity contribution in [2.45, 2.75) is 55.9 Å². The average molecular weight is 457 g/mol. The molecule has 0 bridgehead atoms. The number of rotatable bonds is 5. The van der Waals surface area contributed by atoms with Crippen LogP contribution < -0.4 is 4.72 Å². The topological polar surface area (TPSA) is 83.5 Å². The molecule has 1 aliphatic heterocycles. The zero-order chi connectivity index (χ0) is 21.4. The maximum Gasteiger partial charge on any atom is 0.262 e. The number of hydrogen-bond acceptors (Lipinski definition) is 4. The molecule has 1 saturated heterocycles. The Hall–Kier alpha value is -1.61. The van der Waals surface area contributed by atoms with E-state index in [2.05, 4.69) is 4.72 Å². The van der Waals surface area contributed by atoms with Gasteiger partial charge in [0.15, 0.2) is 0 Å². The van der Waals surface area contributed by atoms with E-state index in [1.165, 1.54) is 34.6 Å². The summed E-state index contributed by atoms with van der Waals surface area (Å²) in [6, 6.07) is 8.91. The third kappa shape index (κ3) is 4.60. The van der Waals surface area contributed by atoms with E-state index in [0.29, 0.717) is 28.4 Å². The molecular formula is C20H25ClN2O4S2. The molecule has 0 spiro atoms. The number of halogens is 1. The van der Waals surface area contributed by atoms with Crippen LogP contribution >= 0.6 is 11.6 Å². The minimum absolute atomic E-state index is 0.0388. The van der Waals surface area contributed by atoms with Gasteiger partial charge in [-0.25, -0.2) is 16.8 Å². The molecule has 0 aliphatic carbocycles. The van der Waals surface area contributed by atoms with E-state index in [4.69, 9.17) is 11.6 Å². The normalized spacial score (nSPS) is 18.6. The van der Waals surface area contributed by atoms with Crippen molar-refractivity contribution >= 4 is 37.3 Å². The fourth-order valence-electron chi connectivity index (χ4n) is 3.51. The summed E-state index contributed by atoms with van der Waals surface area (Å²) in [7, 11) is -7.43. The Labute approximate surface area is 178 Å². The molecule has 1 N–H and O–H groups in total. The van der Waals surface area contributed by atoms with Gasteiger partial charge in [0.1, 0.15) is 0 Å². The Morgan fingerprint density at radius 2 is 1.66 bits per heavy atom. The first kappa shape index (κ1) is 22.1. The predicted octanol–water partition coefficient (Wildman–Crippen LogP) is 4.32. The van der Waals surface area contributed by atoms with Crippen molar-refractivity contribution in [3.8, 4) is 0 Å². The fraction of sp³-hybridized carbons (Fsp3) is 0.400. The largest absolute Gasteiger partial charge is 0.280 e. The monoisotopic (exact) mass is 456 g/mol. The molecule has 1 atom stereocenters. The molecule has 6 nitrogen and oxygen atoms in total. The molecule has 1 aliphatic rings. The van der Waals surface area contributed by atoms with Crippen molar-refractivity contribution in [1.82, 2.24) is 4.31 Å². The highest BCUT2D eigenvalue weighted by atomic mass is 35.5. The van der Waals surface area contributed by atoms with Gasteiger partial charge in [-0.3, -0.25) is 4.72 Å². The van der Waals surface area contributed by atoms with Gasteiger partial charge >= 0.3 is 0 Å². The quantitative estimate of drug-likeness (QED) is 0.726. The minimum Gasteiger partial charge on any atom is -0.280 e. The van der Waals surface area contributed by atoms with Crippen LogP contribution in [-0.4, -0.2) is 33.7 Å². The second-order valence-corrected chi connectivity index (χ2v) is 11.4. The molecule has 2 aromatic carbocycles. The summed E-state index contributed by atoms with van der Waals surface area (Å²) in [5.41, 5.74) is 1.49. The first-order chi connectivity index (χ1) is 13.5. The molecule has 29 heavy (non-hydrogen) atoms. The molecule has 3 rings (SSSR count). The maximum atomic E-state index is 12.9. The van der Waals surface area contributed by atoms with Crippen LogP contribution in [0, 0.1) is 13.8 Å². The van der Waals surface area contributed by atoms with E-state index < -0.39 is 20.0 Å². The van der Waals surface area contributed by atoms with Crippen molar-refractivity contribution in [2.75, 3.05) is 11.3 Å². The highest BCUT2D eigenvalue weighted by Crippen LogP contribution is 2.28. The zero-order valence-electron chi connectivity index (χ0n) is 16.6. The lowest BCUT2D eigenvalue weighted by Gasteiger charge is -2.32. The summed E-state index contributed by atoms with van der Waals surface area (Å²) in [5, 5.41) is 0.503. The highest BCUT2D eigenvalue weighted by Gasteiger charge is 2.31. The smallest absolute Gasteiger partial charge is 0.262 e. The van der Waals surface area contributed by atoms with Gasteiger partial charge in [-0.15, -0.1) is 0 Å². The van der Waals surface area contributed by atoms with Gasteiger partial charge in [-0.05, 0) is 81.1 Å². The summed E-state index contributed by atoms with van der Waals surface area (Å²) in [4.78, 5) is 0.297. The van der Waals surface area contributed by atoms with Crippen LogP contribution in [-0.2, 0) is 20.0 Å². The summed E-state index contributed by atoms with van der Waals surface area (Å²) in [5.74, 6) is 0. The van der Waals surface area contributed by atoms with Gasteiger partial charge < -0.3 is 0 Å². The second kappa shape index (κ2) is 8.26. The van der Waals surface area contributed by atoms with Crippen LogP contribution in [0.1, 0.15) is 37.3 Å². The number of aryl methyl sites for hydroxylation is 2. The fourth-order valence-corrected chi connectivity index (χ4v) is 6.80. The van der Waals surface area contributed by atoms with Crippen LogP contribution in [0.4, 0.5) is 5.69 Å². The van der Waals surface area contributed by atoms with Crippen molar-refractivity contribution < 1.29 is 16.8 Å². The number of nitrogens with one attached hydrogen (secondary N) is 1. The second-order valence-electron chi connectivity index (χ2n) is 7.46. The number of nitrogens with zero attached hydrogens (tertiary/aromatic N) is 1. The minimum atomic E-state index is -3.83. The van der Waals surface area contributed by atoms with Crippen molar-refractivity contribution in [3.63, 3.8) is 0 Å². The van der Waals surface area contributed by atoms with E-state index >= 15 is 0 Å². The molecule has 158 valence electrons. The Morgan fingerprint density at radius 3 is 2.28 bits per heavy atom. The van der Waals surface area contributed by atoms with Crippen molar-refractivity contribution in [1.29, 1.82) is 0 Å². The Morgan fingerprint density at radius 1 is 1.00 bits per heavy atom. The first-order valence-electron chi connectivity index (χ1n) is 9.44. The lowest BCUT2D eigenvalue weighted by Crippen LogP contribution is -2.41. The standard InChI is InChI=1S/C20H25ClN2O4S2/c1-14-13-20(15(2)12-19(14)21)28(24,25)22-17-7-9-18(10-8-17)29(26,27)23-11-5-4-6-16(23)3/h7-10,12-13,16,22H,4-6,11H2,1-3H3/t16-/m1/s1. The molecule has 0 radical (unpaired) electrons. The van der Waals surface area contributed by atoms with Gasteiger partial charge in [0.2, 0.25) is 10.0 Å². The highest BCUT2D eigenvalue weighted by molar-refractivity contribution is 7.92. The van der Waals surface area contributed by atoms with Gasteiger partial charge in [-0.1, -0.05) is 18.0 Å². The van der Waals surface area contributed by atoms with Gasteiger partial charge in [0, 0.05) is 23.3 Å². The van der Waals surface area contributed by atoms with E-state index in [1.54, 1.807) is 19.9 Å². The molecule has 2 aromatic rings. The number of sulfonamides is 2. The van der Waals surface area contributed by atoms with E-state index in [-0.39, 0.29) is 15.8 Å². The summed E-state index contributed by atoms with van der Waals surface area (Å²) in [6.45, 7) is 5.83. The number of benzene rings is 2. The summed E-state index contributed by atoms with van der Waals surface area (Å²) < 4.78 is 55.4. The third-order valence-corrected chi connectivity index (χ3v) is 9.16. The van der Waals surface area contributed by atoms with E-state index in [1.807, 2.05) is 6.92 Å². The van der Waals surface area contributed by atoms with Crippen LogP contribution in [0.2, 0.25) is 5.02 Å². The van der Waals surface area contributed by atoms with Crippen LogP contribution in [0.15, 0.2) is 46.2 Å². The Kier molecular flexibility index (Phi) is 6.29. The molecule has 1 heterocycles. The van der Waals surface area contributed by atoms with E-state index in [9.17, 15) is 16.8 Å². The Bertz CT molecular complexity index is 1110. The predicted molar refractivity (Wildman–Crippen MR) is 115 cm³/mol. The molecule has 1 fully saturated rings. The average Bonchev–Trinajstić information content (AvgIpc) is 2.65. The first-order valence-corrected chi connectivity index (χ1v) is 12.7. The number of piperidine rings is 1. The van der Waals surface area contributed by atoms with E-state index in [0.717, 1.165) is 19.3 Å². The molecular weight excluding hydrogens is 432 g/mol. The van der Waals surface area contributed by atoms with Gasteiger partial charge in [0.25, 0.3) is 10.0 Å². The lowest BCUT2D eigenvalue weighted by atomic mass is 10.1. The van der Waals surface area contributed by atoms with Gasteiger partial charge in [-0.2, -0.15) is 4.31 Å². The summed E-state index contributed by atoms with van der Waals surface area (Å²) in [6.07, 6.45) is 2.72. The zero-order valence-corrected chi connectivity index (χ0v) is 19.0. The molecule has 9 heteroatoms. The SMILES string of the molecule is Cc1cc(S(=O)(=O)Nc2ccc(S(=O)(=O)N3CCCC[C@H]3C)cc2)c(C)cc1Cl. The number of hydrogen-bond donors (Lipinski definition) is 1. The number of anilines is 1. The lowest BCUT2D eigenvalue weighted by molar-refractivity contribution is 0.268. The summed E-state index contributed by atoms with van der Waals surface area (Å²) >= 11 is 6.05. The van der Waals surface area contributed by atoms with Gasteiger partial charge in [0.05, 0.1) is 9.79 Å². The molecule has 0 aromatic heterocycles. The molecule has 0 unspecified atom stereocenters. The third-order valence-electron chi connectivity index (χ3n) is 5.20. The molecule has 0 amide bonds. The van der Waals surface area contributed by atoms with Crippen molar-refractivity contribution in [2.24, 2.45) is 0 Å². The van der Waals surface area contributed by atoms with Crippen LogP contribution in [0.25, 0.3) is 0 Å². The van der Waals surface area contributed by atoms with Crippen LogP contribution in [0.5, 0.6) is 0 Å². The molecule has 0 saturated carbocycles.